The maximum atomic E-state index is 14.4. The summed E-state index contributed by atoms with van der Waals surface area (Å²) in [7, 11) is 0. The van der Waals surface area contributed by atoms with Crippen LogP contribution >= 0.6 is 11.8 Å². The van der Waals surface area contributed by atoms with Crippen molar-refractivity contribution in [1.29, 1.82) is 0 Å². The number of carbonyl (C=O) groups is 2. The van der Waals surface area contributed by atoms with Gasteiger partial charge in [-0.25, -0.2) is 14.2 Å². The van der Waals surface area contributed by atoms with Gasteiger partial charge in [-0.1, -0.05) is 18.2 Å². The van der Waals surface area contributed by atoms with Crippen molar-refractivity contribution in [3.05, 3.63) is 41.3 Å². The number of hydrogen-bond acceptors (Lipinski definition) is 6. The van der Waals surface area contributed by atoms with E-state index in [1.807, 2.05) is 0 Å². The lowest BCUT2D eigenvalue weighted by Gasteiger charge is -2.24. The van der Waals surface area contributed by atoms with Gasteiger partial charge in [0.05, 0.1) is 10.9 Å². The van der Waals surface area contributed by atoms with Crippen LogP contribution in [0.25, 0.3) is 0 Å². The van der Waals surface area contributed by atoms with Crippen molar-refractivity contribution in [2.75, 3.05) is 6.54 Å². The topological polar surface area (TPSA) is 74.6 Å². The van der Waals surface area contributed by atoms with E-state index in [1.165, 1.54) is 11.8 Å². The van der Waals surface area contributed by atoms with Crippen molar-refractivity contribution >= 4 is 35.1 Å². The summed E-state index contributed by atoms with van der Waals surface area (Å²) in [5, 5.41) is 6.46. The van der Waals surface area contributed by atoms with E-state index in [0.29, 0.717) is 28.8 Å². The largest absolute Gasteiger partial charge is 0.418 e. The van der Waals surface area contributed by atoms with Gasteiger partial charge < -0.3 is 4.74 Å². The van der Waals surface area contributed by atoms with Crippen LogP contribution < -0.4 is 4.74 Å². The summed E-state index contributed by atoms with van der Waals surface area (Å²) in [4.78, 5) is 30.2. The quantitative estimate of drug-likeness (QED) is 0.559. The summed E-state index contributed by atoms with van der Waals surface area (Å²) in [6.45, 7) is 0.703. The molecule has 9 heteroatoms. The Morgan fingerprint density at radius 2 is 2.11 bits per heavy atom. The van der Waals surface area contributed by atoms with Crippen molar-refractivity contribution < 1.29 is 18.7 Å². The van der Waals surface area contributed by atoms with Gasteiger partial charge in [0.25, 0.3) is 5.91 Å². The molecule has 3 aliphatic heterocycles. The highest BCUT2D eigenvalue weighted by atomic mass is 32.2. The first-order valence-corrected chi connectivity index (χ1v) is 9.95. The maximum Gasteiger partial charge on any atom is 0.418 e. The Morgan fingerprint density at radius 1 is 1.29 bits per heavy atom. The van der Waals surface area contributed by atoms with Gasteiger partial charge >= 0.3 is 6.09 Å². The number of amides is 2. The molecule has 1 aromatic rings. The lowest BCUT2D eigenvalue weighted by Crippen LogP contribution is -2.40. The molecular formula is C19H19FN4O3S. The monoisotopic (exact) mass is 402 g/mol. The fraction of sp³-hybridized carbons (Fsp3) is 0.368. The minimum Gasteiger partial charge on any atom is -0.410 e. The van der Waals surface area contributed by atoms with Gasteiger partial charge in [0.15, 0.2) is 11.5 Å². The molecule has 1 saturated heterocycles. The van der Waals surface area contributed by atoms with Gasteiger partial charge in [0.1, 0.15) is 5.75 Å². The summed E-state index contributed by atoms with van der Waals surface area (Å²) in [6.07, 6.45) is 3.65. The molecule has 3 heterocycles. The fourth-order valence-corrected chi connectivity index (χ4v) is 4.17. The van der Waals surface area contributed by atoms with Crippen molar-refractivity contribution in [1.82, 2.24) is 9.91 Å². The van der Waals surface area contributed by atoms with Crippen LogP contribution in [-0.2, 0) is 4.79 Å². The van der Waals surface area contributed by atoms with E-state index in [9.17, 15) is 14.0 Å². The first-order valence-electron chi connectivity index (χ1n) is 9.14. The van der Waals surface area contributed by atoms with Gasteiger partial charge in [0.2, 0.25) is 0 Å². The number of alkyl halides is 1. The van der Waals surface area contributed by atoms with E-state index < -0.39 is 18.4 Å². The zero-order valence-corrected chi connectivity index (χ0v) is 15.8. The number of para-hydroxylation sites is 1. The summed E-state index contributed by atoms with van der Waals surface area (Å²) in [5.41, 5.74) is 0. The summed E-state index contributed by atoms with van der Waals surface area (Å²) in [5.74, 6) is -0.0441. The first kappa shape index (κ1) is 18.7. The van der Waals surface area contributed by atoms with Gasteiger partial charge in [-0.05, 0) is 55.7 Å². The number of likely N-dealkylation sites (tertiary alicyclic amines) is 1. The lowest BCUT2D eigenvalue weighted by molar-refractivity contribution is -0.113. The number of carbonyl (C=O) groups excluding carboxylic acids is 2. The minimum atomic E-state index is -1.45. The second-order valence-corrected chi connectivity index (χ2v) is 7.57. The molecular weight excluding hydrogens is 383 g/mol. The van der Waals surface area contributed by atoms with E-state index in [1.54, 1.807) is 47.6 Å². The lowest BCUT2D eigenvalue weighted by atomic mass is 10.2. The Hall–Kier alpha value is -2.68. The number of amidine groups is 1. The third-order valence-electron chi connectivity index (χ3n) is 4.62. The van der Waals surface area contributed by atoms with Gasteiger partial charge in [-0.15, -0.1) is 0 Å². The Morgan fingerprint density at radius 3 is 2.86 bits per heavy atom. The van der Waals surface area contributed by atoms with Crippen LogP contribution in [0.3, 0.4) is 0 Å². The van der Waals surface area contributed by atoms with Crippen molar-refractivity contribution in [3.8, 4) is 5.75 Å². The predicted octanol–water partition coefficient (Wildman–Crippen LogP) is 3.54. The Balaban J connectivity index is 1.47. The van der Waals surface area contributed by atoms with E-state index in [0.717, 1.165) is 17.7 Å². The van der Waals surface area contributed by atoms with Crippen LogP contribution in [-0.4, -0.2) is 52.2 Å². The third-order valence-corrected chi connectivity index (χ3v) is 5.63. The van der Waals surface area contributed by atoms with E-state index >= 15 is 0 Å². The molecule has 0 aromatic heterocycles. The molecule has 0 bridgehead atoms. The van der Waals surface area contributed by atoms with Crippen LogP contribution in [0.5, 0.6) is 5.75 Å². The molecule has 0 saturated carbocycles. The molecule has 2 amide bonds. The normalized spacial score (nSPS) is 26.1. The number of benzene rings is 1. The Kier molecular flexibility index (Phi) is 5.43. The van der Waals surface area contributed by atoms with Gasteiger partial charge in [-0.2, -0.15) is 10.1 Å². The summed E-state index contributed by atoms with van der Waals surface area (Å²) >= 11 is 1.20. The van der Waals surface area contributed by atoms with E-state index in [4.69, 9.17) is 4.74 Å². The molecule has 1 fully saturated rings. The Labute approximate surface area is 165 Å². The average Bonchev–Trinajstić information content (AvgIpc) is 3.26. The van der Waals surface area contributed by atoms with E-state index in [-0.39, 0.29) is 12.3 Å². The van der Waals surface area contributed by atoms with Crippen molar-refractivity contribution in [2.45, 2.75) is 38.0 Å². The zero-order chi connectivity index (χ0) is 19.5. The number of nitrogens with zero attached hydrogens (tertiary/aromatic N) is 4. The smallest absolute Gasteiger partial charge is 0.410 e. The van der Waals surface area contributed by atoms with Crippen molar-refractivity contribution in [3.63, 3.8) is 0 Å². The number of rotatable bonds is 2. The summed E-state index contributed by atoms with van der Waals surface area (Å²) < 4.78 is 19.7. The predicted molar refractivity (Wildman–Crippen MR) is 105 cm³/mol. The number of hydrazone groups is 1. The summed E-state index contributed by atoms with van der Waals surface area (Å²) in [6, 6.07) is 7.96. The first-order chi connectivity index (χ1) is 13.6. The third kappa shape index (κ3) is 3.94. The van der Waals surface area contributed by atoms with Gasteiger partial charge in [0, 0.05) is 12.8 Å². The number of aliphatic imine (C=N–C) groups is 1. The molecule has 4 rings (SSSR count). The molecule has 1 aromatic carbocycles. The van der Waals surface area contributed by atoms with E-state index in [2.05, 4.69) is 10.1 Å². The highest BCUT2D eigenvalue weighted by Crippen LogP contribution is 2.34. The molecule has 2 unspecified atom stereocenters. The second kappa shape index (κ2) is 8.14. The van der Waals surface area contributed by atoms with Crippen LogP contribution in [0.4, 0.5) is 9.18 Å². The molecule has 28 heavy (non-hydrogen) atoms. The zero-order valence-electron chi connectivity index (χ0n) is 15.0. The molecule has 0 aliphatic carbocycles. The van der Waals surface area contributed by atoms with Crippen LogP contribution in [0.15, 0.2) is 51.4 Å². The fourth-order valence-electron chi connectivity index (χ4n) is 3.24. The number of thioether (sulfide) groups is 1. The van der Waals surface area contributed by atoms with Crippen LogP contribution in [0, 0.1) is 0 Å². The Bertz CT molecular complexity index is 858. The second-order valence-electron chi connectivity index (χ2n) is 6.56. The highest BCUT2D eigenvalue weighted by Gasteiger charge is 2.39. The van der Waals surface area contributed by atoms with Crippen molar-refractivity contribution in [2.24, 2.45) is 10.1 Å². The number of hydrogen-bond donors (Lipinski definition) is 0. The average molecular weight is 402 g/mol. The molecule has 0 spiro atoms. The molecule has 146 valence electrons. The standard InChI is InChI=1S/C19H19FN4O3S/c20-16-9-8-13(24(16)19(26)27-14-6-2-1-3-7-14)12-15-17(25)22-18(28-15)23-11-5-4-10-21-23/h1-3,6-7,10,12-13,16H,4-5,8-9,11H2. The molecule has 0 radical (unpaired) electrons. The highest BCUT2D eigenvalue weighted by molar-refractivity contribution is 8.18. The molecule has 0 N–H and O–H groups in total. The molecule has 2 atom stereocenters. The van der Waals surface area contributed by atoms with Gasteiger partial charge in [-0.3, -0.25) is 9.69 Å². The van der Waals surface area contributed by atoms with Crippen LogP contribution in [0.1, 0.15) is 25.7 Å². The maximum absolute atomic E-state index is 14.4. The number of halogens is 1. The molecule has 3 aliphatic rings. The number of ether oxygens (including phenoxy) is 1. The molecule has 7 nitrogen and oxygen atoms in total. The van der Waals surface area contributed by atoms with Crippen LogP contribution in [0.2, 0.25) is 0 Å². The minimum absolute atomic E-state index is 0.196. The SMILES string of the molecule is O=C1N=C(N2CCCC=N2)SC1=CC1CCC(F)N1C(=O)Oc1ccccc1.